The number of benzene rings is 1. The Balaban J connectivity index is 2.58. The molecule has 3 N–H and O–H groups in total. The van der Waals surface area contributed by atoms with E-state index in [0.29, 0.717) is 16.4 Å². The fourth-order valence-corrected chi connectivity index (χ4v) is 1.37. The highest BCUT2D eigenvalue weighted by Crippen LogP contribution is 2.17. The highest BCUT2D eigenvalue weighted by atomic mass is 32.1. The Hall–Kier alpha value is -1.62. The van der Waals surface area contributed by atoms with Crippen LogP contribution in [0.3, 0.4) is 0 Å². The molecule has 0 spiro atoms. The van der Waals surface area contributed by atoms with Gasteiger partial charge in [0.25, 0.3) is 0 Å². The number of nitrogens with one attached hydrogen (secondary N) is 1. The summed E-state index contributed by atoms with van der Waals surface area (Å²) in [4.78, 5) is 12.0. The lowest BCUT2D eigenvalue weighted by molar-refractivity contribution is -0.116. The minimum Gasteiger partial charge on any atom is -0.497 e. The zero-order valence-corrected chi connectivity index (χ0v) is 10.7. The number of nitrogens with two attached hydrogens (primary N) is 1. The average molecular weight is 252 g/mol. The van der Waals surface area contributed by atoms with E-state index in [-0.39, 0.29) is 18.2 Å². The van der Waals surface area contributed by atoms with Crippen molar-refractivity contribution in [2.24, 2.45) is 11.7 Å². The Morgan fingerprint density at radius 1 is 1.59 bits per heavy atom. The predicted molar refractivity (Wildman–Crippen MR) is 72.2 cm³/mol. The van der Waals surface area contributed by atoms with Gasteiger partial charge in [-0.15, -0.1) is 0 Å². The van der Waals surface area contributed by atoms with E-state index in [1.165, 1.54) is 0 Å². The van der Waals surface area contributed by atoms with Crippen LogP contribution >= 0.6 is 12.2 Å². The van der Waals surface area contributed by atoms with Crippen LogP contribution in [0.5, 0.6) is 5.75 Å². The van der Waals surface area contributed by atoms with Gasteiger partial charge in [-0.25, -0.2) is 0 Å². The molecule has 0 radical (unpaired) electrons. The highest BCUT2D eigenvalue weighted by molar-refractivity contribution is 7.80. The van der Waals surface area contributed by atoms with Gasteiger partial charge in [0.2, 0.25) is 5.91 Å². The molecule has 1 atom stereocenters. The summed E-state index contributed by atoms with van der Waals surface area (Å²) in [5.74, 6) is 0.486. The van der Waals surface area contributed by atoms with E-state index in [2.05, 4.69) is 5.32 Å². The van der Waals surface area contributed by atoms with Gasteiger partial charge in [0.1, 0.15) is 5.75 Å². The quantitative estimate of drug-likeness (QED) is 0.786. The topological polar surface area (TPSA) is 64.3 Å². The first-order valence-electron chi connectivity index (χ1n) is 5.26. The number of amides is 1. The minimum absolute atomic E-state index is 0.101. The van der Waals surface area contributed by atoms with E-state index in [1.807, 2.05) is 19.1 Å². The summed E-state index contributed by atoms with van der Waals surface area (Å²) >= 11 is 4.82. The second-order valence-corrected chi connectivity index (χ2v) is 4.26. The van der Waals surface area contributed by atoms with E-state index < -0.39 is 0 Å². The molecular formula is C12H16N2O2S. The Bertz CT molecular complexity index is 421. The van der Waals surface area contributed by atoms with Crippen LogP contribution in [0.1, 0.15) is 13.3 Å². The molecule has 1 unspecified atom stereocenters. The normalized spacial score (nSPS) is 11.6. The molecule has 4 nitrogen and oxygen atoms in total. The first kappa shape index (κ1) is 13.4. The van der Waals surface area contributed by atoms with Crippen LogP contribution in [-0.2, 0) is 4.79 Å². The van der Waals surface area contributed by atoms with Crippen molar-refractivity contribution < 1.29 is 9.53 Å². The second-order valence-electron chi connectivity index (χ2n) is 3.79. The van der Waals surface area contributed by atoms with Gasteiger partial charge in [0, 0.05) is 24.1 Å². The number of hydrogen-bond acceptors (Lipinski definition) is 3. The second kappa shape index (κ2) is 6.20. The van der Waals surface area contributed by atoms with Crippen molar-refractivity contribution in [2.75, 3.05) is 12.4 Å². The Kier molecular flexibility index (Phi) is 4.90. The Morgan fingerprint density at radius 2 is 2.29 bits per heavy atom. The van der Waals surface area contributed by atoms with E-state index in [0.717, 1.165) is 0 Å². The molecule has 0 aliphatic carbocycles. The van der Waals surface area contributed by atoms with Gasteiger partial charge in [-0.05, 0) is 12.1 Å². The zero-order valence-electron chi connectivity index (χ0n) is 9.90. The molecular weight excluding hydrogens is 236 g/mol. The molecule has 1 aromatic rings. The molecule has 1 rings (SSSR count). The van der Waals surface area contributed by atoms with Crippen molar-refractivity contribution in [2.45, 2.75) is 13.3 Å². The third-order valence-electron chi connectivity index (χ3n) is 2.33. The number of anilines is 1. The lowest BCUT2D eigenvalue weighted by Crippen LogP contribution is -2.24. The molecule has 0 heterocycles. The maximum Gasteiger partial charge on any atom is 0.225 e. The van der Waals surface area contributed by atoms with Crippen molar-refractivity contribution in [1.82, 2.24) is 0 Å². The first-order chi connectivity index (χ1) is 8.02. The summed E-state index contributed by atoms with van der Waals surface area (Å²) in [5.41, 5.74) is 6.15. The molecule has 0 bridgehead atoms. The van der Waals surface area contributed by atoms with E-state index in [9.17, 15) is 4.79 Å². The number of methoxy groups -OCH3 is 1. The van der Waals surface area contributed by atoms with Gasteiger partial charge in [0.15, 0.2) is 0 Å². The van der Waals surface area contributed by atoms with Crippen LogP contribution in [0.25, 0.3) is 0 Å². The fraction of sp³-hybridized carbons (Fsp3) is 0.333. The number of rotatable bonds is 5. The molecule has 0 aliphatic heterocycles. The summed E-state index contributed by atoms with van der Waals surface area (Å²) in [5, 5.41) is 2.77. The number of thiocarbonyl (C=S) groups is 1. The molecule has 0 saturated heterocycles. The predicted octanol–water partition coefficient (Wildman–Crippen LogP) is 1.95. The molecule has 1 aromatic carbocycles. The molecule has 1 amide bonds. The van der Waals surface area contributed by atoms with Crippen LogP contribution in [0.2, 0.25) is 0 Å². The number of carbonyl (C=O) groups excluding carboxylic acids is 1. The lowest BCUT2D eigenvalue weighted by Gasteiger charge is -2.10. The number of carbonyl (C=O) groups is 1. The van der Waals surface area contributed by atoms with Crippen molar-refractivity contribution in [3.8, 4) is 5.75 Å². The summed E-state index contributed by atoms with van der Waals surface area (Å²) in [6.07, 6.45) is 0.284. The minimum atomic E-state index is -0.112. The lowest BCUT2D eigenvalue weighted by atomic mass is 10.1. The largest absolute Gasteiger partial charge is 0.497 e. The van der Waals surface area contributed by atoms with Crippen LogP contribution < -0.4 is 15.8 Å². The molecule has 0 aromatic heterocycles. The van der Waals surface area contributed by atoms with Crippen LogP contribution in [0, 0.1) is 5.92 Å². The van der Waals surface area contributed by atoms with Gasteiger partial charge in [-0.1, -0.05) is 25.2 Å². The molecule has 17 heavy (non-hydrogen) atoms. The van der Waals surface area contributed by atoms with Crippen molar-refractivity contribution >= 4 is 28.8 Å². The van der Waals surface area contributed by atoms with Crippen LogP contribution in [0.4, 0.5) is 5.69 Å². The smallest absolute Gasteiger partial charge is 0.225 e. The first-order valence-corrected chi connectivity index (χ1v) is 5.67. The van der Waals surface area contributed by atoms with Crippen molar-refractivity contribution in [3.05, 3.63) is 24.3 Å². The number of ether oxygens (including phenoxy) is 1. The number of hydrogen-bond donors (Lipinski definition) is 2. The van der Waals surface area contributed by atoms with Crippen LogP contribution in [-0.4, -0.2) is 18.0 Å². The third kappa shape index (κ3) is 4.40. The SMILES string of the molecule is COc1cccc(NC(=O)CC(C)C(N)=S)c1. The average Bonchev–Trinajstić information content (AvgIpc) is 2.28. The Labute approximate surface area is 106 Å². The monoisotopic (exact) mass is 252 g/mol. The van der Waals surface area contributed by atoms with E-state index in [4.69, 9.17) is 22.7 Å². The fourth-order valence-electron chi connectivity index (χ4n) is 1.29. The molecule has 0 fully saturated rings. The molecule has 0 saturated carbocycles. The van der Waals surface area contributed by atoms with Crippen molar-refractivity contribution in [3.63, 3.8) is 0 Å². The van der Waals surface area contributed by atoms with E-state index in [1.54, 1.807) is 19.2 Å². The van der Waals surface area contributed by atoms with Gasteiger partial charge in [-0.3, -0.25) is 4.79 Å². The standard InChI is InChI=1S/C12H16N2O2S/c1-8(12(13)17)6-11(15)14-9-4-3-5-10(7-9)16-2/h3-5,7-8H,6H2,1-2H3,(H2,13,17)(H,14,15). The molecule has 0 aliphatic rings. The maximum atomic E-state index is 11.7. The summed E-state index contributed by atoms with van der Waals surface area (Å²) in [7, 11) is 1.58. The zero-order chi connectivity index (χ0) is 12.8. The molecule has 5 heteroatoms. The summed E-state index contributed by atoms with van der Waals surface area (Å²) in [6.45, 7) is 1.83. The summed E-state index contributed by atoms with van der Waals surface area (Å²) < 4.78 is 5.06. The van der Waals surface area contributed by atoms with Gasteiger partial charge >= 0.3 is 0 Å². The van der Waals surface area contributed by atoms with Crippen molar-refractivity contribution in [1.29, 1.82) is 0 Å². The van der Waals surface area contributed by atoms with Crippen LogP contribution in [0.15, 0.2) is 24.3 Å². The maximum absolute atomic E-state index is 11.7. The molecule has 92 valence electrons. The summed E-state index contributed by atoms with van der Waals surface area (Å²) in [6, 6.07) is 7.17. The van der Waals surface area contributed by atoms with Gasteiger partial charge in [0.05, 0.1) is 12.1 Å². The van der Waals surface area contributed by atoms with Gasteiger partial charge in [-0.2, -0.15) is 0 Å². The van der Waals surface area contributed by atoms with Gasteiger partial charge < -0.3 is 15.8 Å². The van der Waals surface area contributed by atoms with E-state index >= 15 is 0 Å². The third-order valence-corrected chi connectivity index (χ3v) is 2.73. The Morgan fingerprint density at radius 3 is 2.88 bits per heavy atom. The highest BCUT2D eigenvalue weighted by Gasteiger charge is 2.11.